The number of nitrogens with one attached hydrogen (secondary N) is 1. The van der Waals surface area contributed by atoms with Gasteiger partial charge in [-0.15, -0.1) is 0 Å². The van der Waals surface area contributed by atoms with E-state index in [2.05, 4.69) is 43.5 Å². The molecule has 162 valence electrons. The number of nitrogens with zero attached hydrogens (tertiary/aromatic N) is 3. The van der Waals surface area contributed by atoms with Crippen molar-refractivity contribution < 1.29 is 9.32 Å². The molecule has 2 aromatic carbocycles. The van der Waals surface area contributed by atoms with E-state index in [0.717, 1.165) is 22.9 Å². The third kappa shape index (κ3) is 5.59. The molecular formula is C24H21BrN4O3. The molecule has 7 nitrogen and oxygen atoms in total. The zero-order valence-electron chi connectivity index (χ0n) is 17.2. The zero-order chi connectivity index (χ0) is 22.3. The van der Waals surface area contributed by atoms with Crippen molar-refractivity contribution in [2.24, 2.45) is 0 Å². The van der Waals surface area contributed by atoms with Crippen LogP contribution in [0.2, 0.25) is 0 Å². The van der Waals surface area contributed by atoms with Crippen LogP contribution in [0.4, 0.5) is 0 Å². The summed E-state index contributed by atoms with van der Waals surface area (Å²) in [6.07, 6.45) is 3.27. The van der Waals surface area contributed by atoms with Crippen LogP contribution in [0.1, 0.15) is 12.0 Å². The van der Waals surface area contributed by atoms with E-state index < -0.39 is 0 Å². The Morgan fingerprint density at radius 1 is 1.00 bits per heavy atom. The number of aromatic nitrogens is 3. The van der Waals surface area contributed by atoms with Crippen LogP contribution in [0.15, 0.2) is 86.7 Å². The Labute approximate surface area is 193 Å². The fourth-order valence-corrected chi connectivity index (χ4v) is 3.48. The molecule has 32 heavy (non-hydrogen) atoms. The Balaban J connectivity index is 1.38. The molecule has 2 aromatic heterocycles. The third-order valence-electron chi connectivity index (χ3n) is 4.88. The van der Waals surface area contributed by atoms with Crippen LogP contribution in [-0.2, 0) is 17.8 Å². The fourth-order valence-electron chi connectivity index (χ4n) is 3.21. The summed E-state index contributed by atoms with van der Waals surface area (Å²) in [6.45, 7) is 0.466. The molecule has 1 N–H and O–H groups in total. The Hall–Kier alpha value is -3.52. The first-order chi connectivity index (χ1) is 15.6. The van der Waals surface area contributed by atoms with Gasteiger partial charge in [0, 0.05) is 28.8 Å². The van der Waals surface area contributed by atoms with Gasteiger partial charge in [-0.05, 0) is 48.7 Å². The van der Waals surface area contributed by atoms with Crippen molar-refractivity contribution in [2.75, 3.05) is 6.54 Å². The van der Waals surface area contributed by atoms with E-state index in [9.17, 15) is 9.59 Å². The normalized spacial score (nSPS) is 10.8. The lowest BCUT2D eigenvalue weighted by atomic mass is 10.1. The van der Waals surface area contributed by atoms with Gasteiger partial charge in [0.05, 0.1) is 5.56 Å². The Kier molecular flexibility index (Phi) is 6.91. The van der Waals surface area contributed by atoms with Gasteiger partial charge in [0.2, 0.25) is 11.7 Å². The molecule has 0 atom stereocenters. The smallest absolute Gasteiger partial charge is 0.259 e. The van der Waals surface area contributed by atoms with E-state index in [1.165, 1.54) is 16.2 Å². The number of hydrogen-bond acceptors (Lipinski definition) is 5. The van der Waals surface area contributed by atoms with E-state index in [1.54, 1.807) is 12.3 Å². The van der Waals surface area contributed by atoms with Crippen molar-refractivity contribution in [2.45, 2.75) is 19.4 Å². The lowest BCUT2D eigenvalue weighted by molar-refractivity contribution is -0.121. The summed E-state index contributed by atoms with van der Waals surface area (Å²) < 4.78 is 7.66. The molecule has 0 aliphatic rings. The molecule has 4 rings (SSSR count). The largest absolute Gasteiger partial charge is 0.355 e. The van der Waals surface area contributed by atoms with E-state index in [-0.39, 0.29) is 23.9 Å². The highest BCUT2D eigenvalue weighted by Gasteiger charge is 2.13. The number of pyridine rings is 1. The highest BCUT2D eigenvalue weighted by molar-refractivity contribution is 9.10. The second kappa shape index (κ2) is 10.2. The SMILES string of the molecule is O=C(Cn1cc(-c2nc(-c3ccc(Br)cc3)no2)ccc1=O)NCCCc1ccccc1. The number of rotatable bonds is 8. The van der Waals surface area contributed by atoms with Gasteiger partial charge in [-0.1, -0.05) is 51.4 Å². The number of carbonyl (C=O) groups is 1. The van der Waals surface area contributed by atoms with Crippen LogP contribution in [0.3, 0.4) is 0 Å². The van der Waals surface area contributed by atoms with Crippen molar-refractivity contribution in [1.82, 2.24) is 20.0 Å². The molecule has 0 saturated carbocycles. The van der Waals surface area contributed by atoms with Gasteiger partial charge in [0.1, 0.15) is 6.54 Å². The average Bonchev–Trinajstić information content (AvgIpc) is 3.30. The van der Waals surface area contributed by atoms with Crippen LogP contribution in [0, 0.1) is 0 Å². The summed E-state index contributed by atoms with van der Waals surface area (Å²) in [4.78, 5) is 28.9. The third-order valence-corrected chi connectivity index (χ3v) is 5.41. The van der Waals surface area contributed by atoms with Crippen molar-refractivity contribution in [3.05, 3.63) is 93.3 Å². The summed E-state index contributed by atoms with van der Waals surface area (Å²) in [5, 5.41) is 6.88. The molecule has 4 aromatic rings. The first-order valence-electron chi connectivity index (χ1n) is 10.2. The van der Waals surface area contributed by atoms with Crippen molar-refractivity contribution in [1.29, 1.82) is 0 Å². The van der Waals surface area contributed by atoms with Gasteiger partial charge in [0.25, 0.3) is 11.4 Å². The maximum Gasteiger partial charge on any atom is 0.259 e. The highest BCUT2D eigenvalue weighted by atomic mass is 79.9. The second-order valence-electron chi connectivity index (χ2n) is 7.25. The lowest BCUT2D eigenvalue weighted by Gasteiger charge is -2.08. The second-order valence-corrected chi connectivity index (χ2v) is 8.17. The first-order valence-corrected chi connectivity index (χ1v) is 11.0. The Bertz CT molecular complexity index is 1250. The van der Waals surface area contributed by atoms with Gasteiger partial charge in [-0.25, -0.2) is 0 Å². The summed E-state index contributed by atoms with van der Waals surface area (Å²) in [7, 11) is 0. The van der Waals surface area contributed by atoms with E-state index in [0.29, 0.717) is 17.9 Å². The van der Waals surface area contributed by atoms with Gasteiger partial charge >= 0.3 is 0 Å². The minimum Gasteiger partial charge on any atom is -0.355 e. The standard InChI is InChI=1S/C24H21BrN4O3/c25-20-11-8-18(9-12-20)23-27-24(32-28-23)19-10-13-22(31)29(15-19)16-21(30)26-14-4-7-17-5-2-1-3-6-17/h1-3,5-6,8-13,15H,4,7,14,16H2,(H,26,30). The number of carbonyl (C=O) groups excluding carboxylic acids is 1. The maximum absolute atomic E-state index is 12.3. The molecular weight excluding hydrogens is 472 g/mol. The number of aryl methyl sites for hydroxylation is 1. The molecule has 0 saturated heterocycles. The quantitative estimate of drug-likeness (QED) is 0.374. The molecule has 1 amide bonds. The van der Waals surface area contributed by atoms with Crippen molar-refractivity contribution >= 4 is 21.8 Å². The first kappa shape index (κ1) is 21.7. The molecule has 0 aliphatic heterocycles. The topological polar surface area (TPSA) is 90.0 Å². The van der Waals surface area contributed by atoms with Crippen LogP contribution in [0.5, 0.6) is 0 Å². The van der Waals surface area contributed by atoms with Gasteiger partial charge in [-0.3, -0.25) is 9.59 Å². The molecule has 0 unspecified atom stereocenters. The number of hydrogen-bond donors (Lipinski definition) is 1. The van der Waals surface area contributed by atoms with Crippen LogP contribution >= 0.6 is 15.9 Å². The highest BCUT2D eigenvalue weighted by Crippen LogP contribution is 2.22. The van der Waals surface area contributed by atoms with E-state index in [1.807, 2.05) is 42.5 Å². The summed E-state index contributed by atoms with van der Waals surface area (Å²) >= 11 is 3.40. The van der Waals surface area contributed by atoms with Crippen molar-refractivity contribution in [3.63, 3.8) is 0 Å². The van der Waals surface area contributed by atoms with E-state index >= 15 is 0 Å². The Morgan fingerprint density at radius 3 is 2.53 bits per heavy atom. The predicted molar refractivity (Wildman–Crippen MR) is 125 cm³/mol. The molecule has 8 heteroatoms. The molecule has 0 fully saturated rings. The maximum atomic E-state index is 12.3. The zero-order valence-corrected chi connectivity index (χ0v) is 18.8. The van der Waals surface area contributed by atoms with Crippen LogP contribution < -0.4 is 10.9 Å². The molecule has 0 aliphatic carbocycles. The van der Waals surface area contributed by atoms with Gasteiger partial charge in [0.15, 0.2) is 0 Å². The number of amides is 1. The van der Waals surface area contributed by atoms with Crippen LogP contribution in [0.25, 0.3) is 22.8 Å². The number of benzene rings is 2. The number of halogens is 1. The molecule has 0 bridgehead atoms. The summed E-state index contributed by atoms with van der Waals surface area (Å²) in [6, 6.07) is 20.6. The monoisotopic (exact) mass is 492 g/mol. The Morgan fingerprint density at radius 2 is 1.75 bits per heavy atom. The van der Waals surface area contributed by atoms with Crippen molar-refractivity contribution in [3.8, 4) is 22.8 Å². The molecule has 2 heterocycles. The predicted octanol–water partition coefficient (Wildman–Crippen LogP) is 4.08. The average molecular weight is 493 g/mol. The van der Waals surface area contributed by atoms with E-state index in [4.69, 9.17) is 4.52 Å². The molecule has 0 spiro atoms. The summed E-state index contributed by atoms with van der Waals surface area (Å²) in [5.74, 6) is 0.500. The summed E-state index contributed by atoms with van der Waals surface area (Å²) in [5.41, 5.74) is 2.33. The van der Waals surface area contributed by atoms with Crippen LogP contribution in [-0.4, -0.2) is 27.2 Å². The molecule has 0 radical (unpaired) electrons. The fraction of sp³-hybridized carbons (Fsp3) is 0.167. The van der Waals surface area contributed by atoms with Gasteiger partial charge < -0.3 is 14.4 Å². The van der Waals surface area contributed by atoms with Gasteiger partial charge in [-0.2, -0.15) is 4.98 Å². The minimum absolute atomic E-state index is 0.0777. The lowest BCUT2D eigenvalue weighted by Crippen LogP contribution is -2.32. The minimum atomic E-state index is -0.277.